The molecule has 1 aromatic rings. The maximum absolute atomic E-state index is 12.4. The van der Waals surface area contributed by atoms with Crippen LogP contribution in [-0.4, -0.2) is 44.9 Å². The number of carbonyl (C=O) groups excluding carboxylic acids is 1. The van der Waals surface area contributed by atoms with Crippen LogP contribution in [0.4, 0.5) is 0 Å². The van der Waals surface area contributed by atoms with Crippen LogP contribution in [0.25, 0.3) is 0 Å². The molecule has 1 aromatic carbocycles. The van der Waals surface area contributed by atoms with Crippen LogP contribution in [0.15, 0.2) is 18.2 Å². The number of carbonyl (C=O) groups is 1. The van der Waals surface area contributed by atoms with Gasteiger partial charge in [0.15, 0.2) is 0 Å². The van der Waals surface area contributed by atoms with E-state index in [0.29, 0.717) is 23.7 Å². The molecule has 0 saturated heterocycles. The van der Waals surface area contributed by atoms with Crippen LogP contribution < -0.4 is 20.5 Å². The van der Waals surface area contributed by atoms with Crippen molar-refractivity contribution in [2.24, 2.45) is 5.73 Å². The van der Waals surface area contributed by atoms with Crippen LogP contribution in [0.1, 0.15) is 23.7 Å². The van der Waals surface area contributed by atoms with Crippen LogP contribution in [0.3, 0.4) is 0 Å². The summed E-state index contributed by atoms with van der Waals surface area (Å²) in [6.45, 7) is 2.53. The first-order valence-corrected chi connectivity index (χ1v) is 7.00. The first-order valence-electron chi connectivity index (χ1n) is 7.00. The van der Waals surface area contributed by atoms with Crippen LogP contribution in [-0.2, 0) is 4.74 Å². The largest absolute Gasteiger partial charge is 0.497 e. The van der Waals surface area contributed by atoms with E-state index >= 15 is 0 Å². The topological polar surface area (TPSA) is 82.8 Å². The Morgan fingerprint density at radius 3 is 2.71 bits per heavy atom. The van der Waals surface area contributed by atoms with Crippen molar-refractivity contribution in [3.8, 4) is 11.5 Å². The van der Waals surface area contributed by atoms with E-state index in [2.05, 4.69) is 5.32 Å². The second-order valence-corrected chi connectivity index (χ2v) is 4.96. The normalized spacial score (nSPS) is 24.1. The highest BCUT2D eigenvalue weighted by Gasteiger charge is 2.40. The molecular formula is C15H22N2O4. The fourth-order valence-corrected chi connectivity index (χ4v) is 2.44. The van der Waals surface area contributed by atoms with Gasteiger partial charge in [-0.15, -0.1) is 0 Å². The number of amides is 1. The van der Waals surface area contributed by atoms with Crippen molar-refractivity contribution < 1.29 is 19.0 Å². The SMILES string of the molecule is CCOC1CC(N)C1NC(=O)c1ccc(OC)cc1OC. The number of hydrogen-bond acceptors (Lipinski definition) is 5. The number of rotatable bonds is 6. The number of nitrogens with one attached hydrogen (secondary N) is 1. The Hall–Kier alpha value is -1.79. The molecule has 2 rings (SSSR count). The summed E-state index contributed by atoms with van der Waals surface area (Å²) in [7, 11) is 3.08. The molecule has 116 valence electrons. The van der Waals surface area contributed by atoms with Gasteiger partial charge in [-0.3, -0.25) is 4.79 Å². The summed E-state index contributed by atoms with van der Waals surface area (Å²) in [5.74, 6) is 0.878. The highest BCUT2D eigenvalue weighted by Crippen LogP contribution is 2.27. The van der Waals surface area contributed by atoms with Gasteiger partial charge < -0.3 is 25.3 Å². The lowest BCUT2D eigenvalue weighted by Crippen LogP contribution is -2.64. The van der Waals surface area contributed by atoms with Gasteiger partial charge >= 0.3 is 0 Å². The molecule has 0 bridgehead atoms. The Labute approximate surface area is 124 Å². The number of hydrogen-bond donors (Lipinski definition) is 2. The Morgan fingerprint density at radius 1 is 1.38 bits per heavy atom. The second-order valence-electron chi connectivity index (χ2n) is 4.96. The molecule has 0 radical (unpaired) electrons. The predicted molar refractivity (Wildman–Crippen MR) is 78.8 cm³/mol. The van der Waals surface area contributed by atoms with Crippen molar-refractivity contribution in [2.75, 3.05) is 20.8 Å². The number of ether oxygens (including phenoxy) is 3. The van der Waals surface area contributed by atoms with E-state index in [1.165, 1.54) is 7.11 Å². The Morgan fingerprint density at radius 2 is 2.14 bits per heavy atom. The number of nitrogens with two attached hydrogens (primary N) is 1. The van der Waals surface area contributed by atoms with Gasteiger partial charge in [0.1, 0.15) is 11.5 Å². The van der Waals surface area contributed by atoms with Gasteiger partial charge in [-0.05, 0) is 25.5 Å². The third-order valence-electron chi connectivity index (χ3n) is 3.70. The molecule has 6 nitrogen and oxygen atoms in total. The van der Waals surface area contributed by atoms with Crippen molar-refractivity contribution in [3.05, 3.63) is 23.8 Å². The van der Waals surface area contributed by atoms with E-state index in [1.54, 1.807) is 25.3 Å². The van der Waals surface area contributed by atoms with Crippen LogP contribution in [0, 0.1) is 0 Å². The molecule has 0 aromatic heterocycles. The summed E-state index contributed by atoms with van der Waals surface area (Å²) >= 11 is 0. The Balaban J connectivity index is 2.09. The average Bonchev–Trinajstić information content (AvgIpc) is 2.51. The van der Waals surface area contributed by atoms with E-state index in [1.807, 2.05) is 6.92 Å². The molecule has 3 unspecified atom stereocenters. The fourth-order valence-electron chi connectivity index (χ4n) is 2.44. The molecular weight excluding hydrogens is 272 g/mol. The molecule has 1 amide bonds. The third-order valence-corrected chi connectivity index (χ3v) is 3.70. The maximum Gasteiger partial charge on any atom is 0.255 e. The van der Waals surface area contributed by atoms with Crippen LogP contribution >= 0.6 is 0 Å². The van der Waals surface area contributed by atoms with Gasteiger partial charge in [0.2, 0.25) is 0 Å². The molecule has 1 aliphatic carbocycles. The monoisotopic (exact) mass is 294 g/mol. The third kappa shape index (κ3) is 3.28. The van der Waals surface area contributed by atoms with E-state index in [4.69, 9.17) is 19.9 Å². The van der Waals surface area contributed by atoms with E-state index < -0.39 is 0 Å². The Kier molecular flexibility index (Phi) is 5.03. The van der Waals surface area contributed by atoms with Crippen molar-refractivity contribution in [3.63, 3.8) is 0 Å². The maximum atomic E-state index is 12.4. The zero-order valence-corrected chi connectivity index (χ0v) is 12.6. The molecule has 21 heavy (non-hydrogen) atoms. The van der Waals surface area contributed by atoms with Crippen molar-refractivity contribution in [2.45, 2.75) is 31.5 Å². The zero-order chi connectivity index (χ0) is 15.4. The summed E-state index contributed by atoms with van der Waals surface area (Å²) in [6, 6.07) is 4.83. The quantitative estimate of drug-likeness (QED) is 0.816. The minimum Gasteiger partial charge on any atom is -0.497 e. The minimum absolute atomic E-state index is 0.0156. The van der Waals surface area contributed by atoms with Gasteiger partial charge in [-0.25, -0.2) is 0 Å². The minimum atomic E-state index is -0.223. The van der Waals surface area contributed by atoms with Gasteiger partial charge in [0.05, 0.1) is 31.9 Å². The molecule has 1 fully saturated rings. The van der Waals surface area contributed by atoms with Crippen molar-refractivity contribution in [1.82, 2.24) is 5.32 Å². The number of benzene rings is 1. The van der Waals surface area contributed by atoms with Gasteiger partial charge in [-0.2, -0.15) is 0 Å². The fraction of sp³-hybridized carbons (Fsp3) is 0.533. The molecule has 6 heteroatoms. The van der Waals surface area contributed by atoms with E-state index in [9.17, 15) is 4.79 Å². The lowest BCUT2D eigenvalue weighted by atomic mass is 9.83. The highest BCUT2D eigenvalue weighted by molar-refractivity contribution is 5.97. The smallest absolute Gasteiger partial charge is 0.255 e. The van der Waals surface area contributed by atoms with Crippen LogP contribution in [0.2, 0.25) is 0 Å². The van der Waals surface area contributed by atoms with Gasteiger partial charge in [-0.1, -0.05) is 0 Å². The average molecular weight is 294 g/mol. The summed E-state index contributed by atoms with van der Waals surface area (Å²) in [6.07, 6.45) is 0.747. The molecule has 0 heterocycles. The first-order chi connectivity index (χ1) is 10.1. The van der Waals surface area contributed by atoms with Crippen LogP contribution in [0.5, 0.6) is 11.5 Å². The molecule has 3 atom stereocenters. The summed E-state index contributed by atoms with van der Waals surface area (Å²) in [5.41, 5.74) is 6.39. The van der Waals surface area contributed by atoms with E-state index in [0.717, 1.165) is 6.42 Å². The van der Waals surface area contributed by atoms with Gasteiger partial charge in [0, 0.05) is 18.7 Å². The first kappa shape index (κ1) is 15.6. The van der Waals surface area contributed by atoms with Gasteiger partial charge in [0.25, 0.3) is 5.91 Å². The second kappa shape index (κ2) is 6.78. The molecule has 0 aliphatic heterocycles. The van der Waals surface area contributed by atoms with Crippen molar-refractivity contribution >= 4 is 5.91 Å². The molecule has 1 aliphatic rings. The number of methoxy groups -OCH3 is 2. The summed E-state index contributed by atoms with van der Waals surface area (Å²) in [5, 5.41) is 2.92. The zero-order valence-electron chi connectivity index (χ0n) is 12.6. The standard InChI is InChI=1S/C15H22N2O4/c1-4-21-13-8-11(16)14(13)17-15(18)10-6-5-9(19-2)7-12(10)20-3/h5-7,11,13-14H,4,8,16H2,1-3H3,(H,17,18). The predicted octanol–water partition coefficient (Wildman–Crippen LogP) is 0.938. The summed E-state index contributed by atoms with van der Waals surface area (Å²) < 4.78 is 15.9. The lowest BCUT2D eigenvalue weighted by Gasteiger charge is -2.42. The lowest BCUT2D eigenvalue weighted by molar-refractivity contribution is -0.0300. The molecule has 3 N–H and O–H groups in total. The van der Waals surface area contributed by atoms with Crippen molar-refractivity contribution in [1.29, 1.82) is 0 Å². The molecule has 1 saturated carbocycles. The highest BCUT2D eigenvalue weighted by atomic mass is 16.5. The molecule has 0 spiro atoms. The van der Waals surface area contributed by atoms with E-state index in [-0.39, 0.29) is 24.1 Å². The summed E-state index contributed by atoms with van der Waals surface area (Å²) in [4.78, 5) is 12.4. The Bertz CT molecular complexity index is 504.